The van der Waals surface area contributed by atoms with Gasteiger partial charge >= 0.3 is 0 Å². The zero-order chi connectivity index (χ0) is 11.4. The largest absolute Gasteiger partial charge is 0.490 e. The second-order valence-corrected chi connectivity index (χ2v) is 5.02. The van der Waals surface area contributed by atoms with Crippen molar-refractivity contribution in [2.45, 2.75) is 6.92 Å². The molecule has 0 unspecified atom stereocenters. The lowest BCUT2D eigenvalue weighted by Gasteiger charge is -2.08. The molecule has 0 aliphatic heterocycles. The van der Waals surface area contributed by atoms with Crippen LogP contribution in [0.2, 0.25) is 0 Å². The number of halogens is 1. The van der Waals surface area contributed by atoms with Crippen LogP contribution in [0.15, 0.2) is 28.2 Å². The smallest absolute Gasteiger partial charge is 0.300 e. The van der Waals surface area contributed by atoms with Gasteiger partial charge in [0.1, 0.15) is 0 Å². The average Bonchev–Trinajstić information content (AvgIpc) is 2.67. The minimum atomic E-state index is 0.485. The molecule has 1 aromatic heterocycles. The number of hydrogen-bond donors (Lipinski definition) is 0. The first kappa shape index (κ1) is 11.3. The Morgan fingerprint density at radius 3 is 2.62 bits per heavy atom. The first-order chi connectivity index (χ1) is 7.79. The van der Waals surface area contributed by atoms with Crippen molar-refractivity contribution in [1.82, 2.24) is 10.2 Å². The molecule has 0 fully saturated rings. The Kier molecular flexibility index (Phi) is 3.74. The summed E-state index contributed by atoms with van der Waals surface area (Å²) in [6.45, 7) is 2.53. The summed E-state index contributed by atoms with van der Waals surface area (Å²) in [6, 6.07) is 7.47. The standard InChI is InChI=1S/C10H9BrN2O2S/c1-2-14-7-5-3-4-6-8(7)15-10-13-12-9(11)16-10/h3-6H,2H2,1H3. The van der Waals surface area contributed by atoms with Gasteiger partial charge in [0.05, 0.1) is 6.61 Å². The van der Waals surface area contributed by atoms with Crippen LogP contribution < -0.4 is 9.47 Å². The maximum Gasteiger partial charge on any atom is 0.300 e. The highest BCUT2D eigenvalue weighted by Gasteiger charge is 2.08. The molecule has 1 heterocycles. The van der Waals surface area contributed by atoms with Crippen molar-refractivity contribution < 1.29 is 9.47 Å². The number of ether oxygens (including phenoxy) is 2. The maximum absolute atomic E-state index is 5.57. The normalized spacial score (nSPS) is 10.1. The van der Waals surface area contributed by atoms with E-state index >= 15 is 0 Å². The van der Waals surface area contributed by atoms with Crippen LogP contribution in [-0.2, 0) is 0 Å². The zero-order valence-electron chi connectivity index (χ0n) is 8.51. The van der Waals surface area contributed by atoms with Crippen LogP contribution in [0, 0.1) is 0 Å². The molecule has 6 heteroatoms. The van der Waals surface area contributed by atoms with Crippen LogP contribution in [0.4, 0.5) is 0 Å². The number of benzene rings is 1. The van der Waals surface area contributed by atoms with E-state index in [9.17, 15) is 0 Å². The Morgan fingerprint density at radius 1 is 1.25 bits per heavy atom. The number of rotatable bonds is 4. The molecule has 0 atom stereocenters. The fourth-order valence-electron chi connectivity index (χ4n) is 1.14. The van der Waals surface area contributed by atoms with E-state index in [1.807, 2.05) is 31.2 Å². The fraction of sp³-hybridized carbons (Fsp3) is 0.200. The Hall–Kier alpha value is -1.14. The van der Waals surface area contributed by atoms with E-state index < -0.39 is 0 Å². The van der Waals surface area contributed by atoms with Gasteiger partial charge in [-0.2, -0.15) is 0 Å². The molecule has 84 valence electrons. The highest BCUT2D eigenvalue weighted by atomic mass is 79.9. The van der Waals surface area contributed by atoms with Crippen molar-refractivity contribution >= 4 is 27.3 Å². The van der Waals surface area contributed by atoms with Gasteiger partial charge in [-0.3, -0.25) is 0 Å². The summed E-state index contributed by atoms with van der Waals surface area (Å²) in [7, 11) is 0. The molecule has 2 aromatic rings. The molecule has 0 N–H and O–H groups in total. The first-order valence-corrected chi connectivity index (χ1v) is 6.29. The molecular formula is C10H9BrN2O2S. The van der Waals surface area contributed by atoms with Gasteiger partial charge in [-0.15, -0.1) is 5.10 Å². The summed E-state index contributed by atoms with van der Waals surface area (Å²) in [5.41, 5.74) is 0. The maximum atomic E-state index is 5.57. The molecule has 0 spiro atoms. The number of para-hydroxylation sites is 2. The lowest BCUT2D eigenvalue weighted by molar-refractivity contribution is 0.320. The third-order valence-electron chi connectivity index (χ3n) is 1.73. The summed E-state index contributed by atoms with van der Waals surface area (Å²) in [5.74, 6) is 1.35. The van der Waals surface area contributed by atoms with Gasteiger partial charge in [-0.25, -0.2) is 0 Å². The second kappa shape index (κ2) is 5.27. The van der Waals surface area contributed by atoms with Gasteiger partial charge in [0, 0.05) is 0 Å². The molecule has 0 saturated heterocycles. The van der Waals surface area contributed by atoms with Crippen LogP contribution in [-0.4, -0.2) is 16.8 Å². The van der Waals surface area contributed by atoms with E-state index in [1.165, 1.54) is 11.3 Å². The van der Waals surface area contributed by atoms with Gasteiger partial charge in [-0.05, 0) is 46.3 Å². The molecule has 0 radical (unpaired) electrons. The third kappa shape index (κ3) is 2.70. The second-order valence-electron chi connectivity index (χ2n) is 2.80. The van der Waals surface area contributed by atoms with E-state index in [2.05, 4.69) is 26.1 Å². The molecule has 0 aliphatic rings. The minimum absolute atomic E-state index is 0.485. The summed E-state index contributed by atoms with van der Waals surface area (Å²) in [6.07, 6.45) is 0. The van der Waals surface area contributed by atoms with Crippen LogP contribution in [0.3, 0.4) is 0 Å². The zero-order valence-corrected chi connectivity index (χ0v) is 10.9. The van der Waals surface area contributed by atoms with E-state index in [1.54, 1.807) is 0 Å². The van der Waals surface area contributed by atoms with Crippen molar-refractivity contribution in [2.75, 3.05) is 6.61 Å². The van der Waals surface area contributed by atoms with Crippen LogP contribution in [0.5, 0.6) is 16.7 Å². The summed E-state index contributed by atoms with van der Waals surface area (Å²) in [5, 5.41) is 8.15. The Labute approximate surface area is 105 Å². The van der Waals surface area contributed by atoms with E-state index in [0.717, 1.165) is 0 Å². The summed E-state index contributed by atoms with van der Waals surface area (Å²) < 4.78 is 11.7. The Morgan fingerprint density at radius 2 is 2.00 bits per heavy atom. The number of nitrogens with zero attached hydrogens (tertiary/aromatic N) is 2. The van der Waals surface area contributed by atoms with Gasteiger partial charge in [-0.1, -0.05) is 17.2 Å². The predicted octanol–water partition coefficient (Wildman–Crippen LogP) is 3.49. The number of hydrogen-bond acceptors (Lipinski definition) is 5. The van der Waals surface area contributed by atoms with Crippen molar-refractivity contribution in [2.24, 2.45) is 0 Å². The fourth-order valence-corrected chi connectivity index (χ4v) is 2.07. The van der Waals surface area contributed by atoms with Crippen LogP contribution in [0.25, 0.3) is 0 Å². The van der Waals surface area contributed by atoms with E-state index in [0.29, 0.717) is 27.2 Å². The predicted molar refractivity (Wildman–Crippen MR) is 65.3 cm³/mol. The monoisotopic (exact) mass is 300 g/mol. The van der Waals surface area contributed by atoms with Crippen molar-refractivity contribution in [1.29, 1.82) is 0 Å². The lowest BCUT2D eigenvalue weighted by atomic mass is 10.3. The highest BCUT2D eigenvalue weighted by Crippen LogP contribution is 2.33. The Bertz CT molecular complexity index is 475. The molecule has 2 rings (SSSR count). The average molecular weight is 301 g/mol. The lowest BCUT2D eigenvalue weighted by Crippen LogP contribution is -1.94. The summed E-state index contributed by atoms with van der Waals surface area (Å²) >= 11 is 4.55. The topological polar surface area (TPSA) is 44.2 Å². The molecule has 1 aromatic carbocycles. The molecular weight excluding hydrogens is 292 g/mol. The quantitative estimate of drug-likeness (QED) is 0.867. The van der Waals surface area contributed by atoms with Crippen molar-refractivity contribution in [3.8, 4) is 16.7 Å². The van der Waals surface area contributed by atoms with E-state index in [4.69, 9.17) is 9.47 Å². The van der Waals surface area contributed by atoms with Gasteiger partial charge in [0.25, 0.3) is 5.19 Å². The van der Waals surface area contributed by atoms with Crippen LogP contribution in [0.1, 0.15) is 6.92 Å². The molecule has 0 saturated carbocycles. The summed E-state index contributed by atoms with van der Waals surface area (Å²) in [4.78, 5) is 0. The third-order valence-corrected chi connectivity index (χ3v) is 2.96. The Balaban J connectivity index is 2.20. The van der Waals surface area contributed by atoms with Crippen LogP contribution >= 0.6 is 27.3 Å². The number of aromatic nitrogens is 2. The van der Waals surface area contributed by atoms with Gasteiger partial charge < -0.3 is 9.47 Å². The molecule has 0 bridgehead atoms. The minimum Gasteiger partial charge on any atom is -0.490 e. The highest BCUT2D eigenvalue weighted by molar-refractivity contribution is 9.11. The first-order valence-electron chi connectivity index (χ1n) is 4.68. The van der Waals surface area contributed by atoms with Crippen molar-refractivity contribution in [3.05, 3.63) is 28.2 Å². The molecule has 4 nitrogen and oxygen atoms in total. The SMILES string of the molecule is CCOc1ccccc1Oc1nnc(Br)s1. The van der Waals surface area contributed by atoms with Gasteiger partial charge in [0.2, 0.25) is 0 Å². The molecule has 16 heavy (non-hydrogen) atoms. The van der Waals surface area contributed by atoms with Gasteiger partial charge in [0.15, 0.2) is 15.4 Å². The molecule has 0 aliphatic carbocycles. The van der Waals surface area contributed by atoms with Crippen molar-refractivity contribution in [3.63, 3.8) is 0 Å². The molecule has 0 amide bonds. The van der Waals surface area contributed by atoms with E-state index in [-0.39, 0.29) is 0 Å².